The molecular formula is C16H32F3IN4O3S. The van der Waals surface area contributed by atoms with E-state index >= 15 is 0 Å². The quantitative estimate of drug-likeness (QED) is 0.191. The highest BCUT2D eigenvalue weighted by atomic mass is 127. The minimum absolute atomic E-state index is 0. The van der Waals surface area contributed by atoms with Crippen molar-refractivity contribution >= 4 is 40.0 Å². The lowest BCUT2D eigenvalue weighted by Gasteiger charge is -2.30. The first-order valence-corrected chi connectivity index (χ1v) is 10.8. The molecule has 1 fully saturated rings. The molecule has 1 aliphatic heterocycles. The smallest absolute Gasteiger partial charge is 0.382 e. The van der Waals surface area contributed by atoms with Crippen molar-refractivity contribution in [3.8, 4) is 0 Å². The van der Waals surface area contributed by atoms with Crippen molar-refractivity contribution in [1.29, 1.82) is 0 Å². The number of piperidine rings is 1. The van der Waals surface area contributed by atoms with Gasteiger partial charge in [0.05, 0.1) is 0 Å². The molecule has 0 aromatic carbocycles. The number of hydrogen-bond donors (Lipinski definition) is 2. The predicted octanol–water partition coefficient (Wildman–Crippen LogP) is 2.54. The summed E-state index contributed by atoms with van der Waals surface area (Å²) in [6.07, 6.45) is 2.63. The lowest BCUT2D eigenvalue weighted by atomic mass is 9.98. The fourth-order valence-electron chi connectivity index (χ4n) is 2.72. The van der Waals surface area contributed by atoms with Crippen molar-refractivity contribution < 1.29 is 26.3 Å². The number of nitrogens with one attached hydrogen (secondary N) is 2. The summed E-state index contributed by atoms with van der Waals surface area (Å²) in [5.74, 6) is 0.734. The lowest BCUT2D eigenvalue weighted by molar-refractivity contribution is -0.0496. The first kappa shape index (κ1) is 27.7. The summed E-state index contributed by atoms with van der Waals surface area (Å²) in [4.78, 5) is 4.48. The van der Waals surface area contributed by atoms with Crippen molar-refractivity contribution in [2.45, 2.75) is 45.0 Å². The Labute approximate surface area is 182 Å². The van der Waals surface area contributed by atoms with E-state index in [1.54, 1.807) is 0 Å². The van der Waals surface area contributed by atoms with Gasteiger partial charge in [-0.15, -0.1) is 24.0 Å². The van der Waals surface area contributed by atoms with E-state index in [4.69, 9.17) is 4.74 Å². The number of hydrogen-bond acceptors (Lipinski definition) is 4. The van der Waals surface area contributed by atoms with Crippen LogP contribution in [0.1, 0.15) is 39.5 Å². The van der Waals surface area contributed by atoms with Crippen molar-refractivity contribution in [2.24, 2.45) is 10.9 Å². The molecule has 0 aromatic rings. The van der Waals surface area contributed by atoms with E-state index in [1.165, 1.54) is 0 Å². The molecule has 1 rings (SSSR count). The van der Waals surface area contributed by atoms with Crippen molar-refractivity contribution in [3.63, 3.8) is 0 Å². The van der Waals surface area contributed by atoms with E-state index in [1.807, 2.05) is 13.8 Å². The molecule has 0 bridgehead atoms. The zero-order chi connectivity index (χ0) is 20.3. The van der Waals surface area contributed by atoms with E-state index in [2.05, 4.69) is 15.6 Å². The first-order valence-electron chi connectivity index (χ1n) is 9.38. The van der Waals surface area contributed by atoms with Crippen LogP contribution in [0.2, 0.25) is 0 Å². The second-order valence-electron chi connectivity index (χ2n) is 6.34. The van der Waals surface area contributed by atoms with E-state index < -0.39 is 15.5 Å². The van der Waals surface area contributed by atoms with Gasteiger partial charge in [0.2, 0.25) is 0 Å². The van der Waals surface area contributed by atoms with E-state index in [-0.39, 0.29) is 43.0 Å². The third-order valence-electron chi connectivity index (χ3n) is 4.27. The van der Waals surface area contributed by atoms with Crippen molar-refractivity contribution in [3.05, 3.63) is 0 Å². The Morgan fingerprint density at radius 2 is 1.82 bits per heavy atom. The number of ether oxygens (including phenoxy) is 1. The Kier molecular flexibility index (Phi) is 13.6. The fraction of sp³-hybridized carbons (Fsp3) is 0.938. The second-order valence-corrected chi connectivity index (χ2v) is 8.27. The average Bonchev–Trinajstić information content (AvgIpc) is 2.62. The average molecular weight is 544 g/mol. The van der Waals surface area contributed by atoms with Gasteiger partial charge in [0.1, 0.15) is 0 Å². The number of sulfonamides is 1. The molecule has 0 amide bonds. The van der Waals surface area contributed by atoms with Gasteiger partial charge in [-0.05, 0) is 45.4 Å². The molecule has 12 heteroatoms. The van der Waals surface area contributed by atoms with Crippen LogP contribution in [0.15, 0.2) is 4.99 Å². The maximum atomic E-state index is 12.6. The topological polar surface area (TPSA) is 83.0 Å². The molecule has 2 N–H and O–H groups in total. The Morgan fingerprint density at radius 1 is 1.18 bits per heavy atom. The molecular weight excluding hydrogens is 512 g/mol. The van der Waals surface area contributed by atoms with E-state index in [0.29, 0.717) is 42.8 Å². The molecule has 1 aliphatic rings. The summed E-state index contributed by atoms with van der Waals surface area (Å²) in [5.41, 5.74) is -5.23. The van der Waals surface area contributed by atoms with Gasteiger partial charge in [0.25, 0.3) is 0 Å². The van der Waals surface area contributed by atoms with Gasteiger partial charge in [-0.25, -0.2) is 8.42 Å². The van der Waals surface area contributed by atoms with Gasteiger partial charge < -0.3 is 15.4 Å². The minimum Gasteiger partial charge on any atom is -0.382 e. The molecule has 0 aliphatic carbocycles. The number of nitrogens with zero attached hydrogens (tertiary/aromatic N) is 2. The third-order valence-corrected chi connectivity index (χ3v) is 5.90. The molecule has 0 aromatic heterocycles. The predicted molar refractivity (Wildman–Crippen MR) is 114 cm³/mol. The monoisotopic (exact) mass is 544 g/mol. The van der Waals surface area contributed by atoms with Crippen molar-refractivity contribution in [1.82, 2.24) is 14.9 Å². The molecule has 0 atom stereocenters. The largest absolute Gasteiger partial charge is 0.511 e. The number of guanidine groups is 1. The Morgan fingerprint density at radius 3 is 2.36 bits per heavy atom. The van der Waals surface area contributed by atoms with Gasteiger partial charge in [-0.3, -0.25) is 4.99 Å². The number of unbranched alkanes of at least 4 members (excludes halogenated alkanes) is 1. The highest BCUT2D eigenvalue weighted by molar-refractivity contribution is 14.0. The standard InChI is InChI=1S/C16H31F3N4O3S.HI/c1-3-20-15(21-9-5-6-12-26-4-2)22-13-14-7-10-23(11-8-14)27(24,25)16(17,18)19;/h14H,3-13H2,1-2H3,(H2,20,21,22);1H. The van der Waals surface area contributed by atoms with Gasteiger partial charge in [-0.2, -0.15) is 17.5 Å². The molecule has 1 heterocycles. The summed E-state index contributed by atoms with van der Waals surface area (Å²) in [6, 6.07) is 0. The normalized spacial score (nSPS) is 17.2. The third kappa shape index (κ3) is 9.44. The van der Waals surface area contributed by atoms with Gasteiger partial charge >= 0.3 is 15.5 Å². The highest BCUT2D eigenvalue weighted by Crippen LogP contribution is 2.30. The molecule has 7 nitrogen and oxygen atoms in total. The van der Waals surface area contributed by atoms with E-state index in [0.717, 1.165) is 26.0 Å². The number of halogens is 4. The first-order chi connectivity index (χ1) is 12.7. The van der Waals surface area contributed by atoms with Crippen LogP contribution in [0.3, 0.4) is 0 Å². The van der Waals surface area contributed by atoms with Crippen LogP contribution in [0.25, 0.3) is 0 Å². The number of alkyl halides is 3. The zero-order valence-electron chi connectivity index (χ0n) is 16.4. The van der Waals surface area contributed by atoms with Gasteiger partial charge in [-0.1, -0.05) is 0 Å². The van der Waals surface area contributed by atoms with Crippen LogP contribution in [0.4, 0.5) is 13.2 Å². The van der Waals surface area contributed by atoms with Crippen molar-refractivity contribution in [2.75, 3.05) is 45.9 Å². The Bertz CT molecular complexity index is 554. The summed E-state index contributed by atoms with van der Waals surface area (Å²) in [7, 11) is -5.22. The fourth-order valence-corrected chi connectivity index (χ4v) is 3.71. The summed E-state index contributed by atoms with van der Waals surface area (Å²) in [6.45, 7) is 7.01. The summed E-state index contributed by atoms with van der Waals surface area (Å²) >= 11 is 0. The molecule has 0 radical (unpaired) electrons. The zero-order valence-corrected chi connectivity index (χ0v) is 19.6. The number of rotatable bonds is 10. The minimum atomic E-state index is -5.23. The van der Waals surface area contributed by atoms with Crippen LogP contribution in [-0.4, -0.2) is 70.1 Å². The molecule has 28 heavy (non-hydrogen) atoms. The summed E-state index contributed by atoms with van der Waals surface area (Å²) < 4.78 is 66.4. The second kappa shape index (κ2) is 13.8. The van der Waals surface area contributed by atoms with E-state index in [9.17, 15) is 21.6 Å². The highest BCUT2D eigenvalue weighted by Gasteiger charge is 2.50. The molecule has 0 spiro atoms. The summed E-state index contributed by atoms with van der Waals surface area (Å²) in [5, 5.41) is 6.35. The molecule has 0 saturated carbocycles. The molecule has 1 saturated heterocycles. The van der Waals surface area contributed by atoms with Crippen LogP contribution >= 0.6 is 24.0 Å². The van der Waals surface area contributed by atoms with Crippen LogP contribution in [0.5, 0.6) is 0 Å². The molecule has 168 valence electrons. The van der Waals surface area contributed by atoms with Gasteiger partial charge in [0, 0.05) is 45.9 Å². The van der Waals surface area contributed by atoms with Crippen LogP contribution < -0.4 is 10.6 Å². The Balaban J connectivity index is 0.00000729. The lowest BCUT2D eigenvalue weighted by Crippen LogP contribution is -2.45. The van der Waals surface area contributed by atoms with Crippen LogP contribution in [0, 0.1) is 5.92 Å². The SMILES string of the molecule is CCNC(=NCC1CCN(S(=O)(=O)C(F)(F)F)CC1)NCCCCOCC.I. The van der Waals surface area contributed by atoms with Gasteiger partial charge in [0.15, 0.2) is 5.96 Å². The maximum absolute atomic E-state index is 12.6. The number of aliphatic imine (C=N–C) groups is 1. The maximum Gasteiger partial charge on any atom is 0.511 e. The Hall–Kier alpha value is -0.340. The van der Waals surface area contributed by atoms with Crippen LogP contribution in [-0.2, 0) is 14.8 Å². The molecule has 0 unspecified atom stereocenters.